The van der Waals surface area contributed by atoms with Crippen molar-refractivity contribution in [3.8, 4) is 5.75 Å². The normalized spacial score (nSPS) is 11.8. The Kier molecular flexibility index (Phi) is 7.89. The summed E-state index contributed by atoms with van der Waals surface area (Å²) in [6.07, 6.45) is 0.955. The van der Waals surface area contributed by atoms with Crippen LogP contribution < -0.4 is 10.5 Å². The van der Waals surface area contributed by atoms with E-state index in [4.69, 9.17) is 10.5 Å². The molecule has 0 spiro atoms. The van der Waals surface area contributed by atoms with Gasteiger partial charge in [0.05, 0.1) is 6.33 Å². The summed E-state index contributed by atoms with van der Waals surface area (Å²) in [6, 6.07) is 6.87. The lowest BCUT2D eigenvalue weighted by molar-refractivity contribution is 0.0940. The highest BCUT2D eigenvalue weighted by atomic mass is 19.1. The van der Waals surface area contributed by atoms with Crippen molar-refractivity contribution in [2.45, 2.75) is 34.6 Å². The topological polar surface area (TPSA) is 52.3 Å². The first kappa shape index (κ1) is 19.3. The van der Waals surface area contributed by atoms with Crippen LogP contribution in [-0.4, -0.2) is 18.9 Å². The van der Waals surface area contributed by atoms with Crippen LogP contribution in [-0.2, 0) is 0 Å². The third-order valence-electron chi connectivity index (χ3n) is 2.71. The van der Waals surface area contributed by atoms with E-state index in [1.165, 1.54) is 0 Å². The lowest BCUT2D eigenvalue weighted by Crippen LogP contribution is -2.13. The smallest absolute Gasteiger partial charge is 0.163 e. The molecule has 3 nitrogen and oxygen atoms in total. The number of rotatable bonds is 6. The maximum absolute atomic E-state index is 12.3. The van der Waals surface area contributed by atoms with Crippen LogP contribution in [0.4, 0.5) is 4.39 Å². The van der Waals surface area contributed by atoms with Gasteiger partial charge in [0.2, 0.25) is 0 Å². The van der Waals surface area contributed by atoms with E-state index in [9.17, 15) is 9.18 Å². The standard InChI is InChI=1S/C16H22FNO2.CH4/c1-16(2,3)8-15(19)13-4-6-14(7-5-13)20-11-12(9-17)10-18;/h4-7,9H,8,10-11,18H2,1-3H3;1H4/b12-9-;. The largest absolute Gasteiger partial charge is 0.489 e. The van der Waals surface area contributed by atoms with Crippen LogP contribution in [0.3, 0.4) is 0 Å². The Hall–Kier alpha value is -1.68. The minimum Gasteiger partial charge on any atom is -0.489 e. The Balaban J connectivity index is 0.00000400. The molecule has 0 saturated carbocycles. The first-order valence-electron chi connectivity index (χ1n) is 6.60. The van der Waals surface area contributed by atoms with Crippen LogP contribution in [0.5, 0.6) is 5.75 Å². The van der Waals surface area contributed by atoms with Crippen molar-refractivity contribution in [2.75, 3.05) is 13.2 Å². The molecule has 0 aliphatic carbocycles. The minimum atomic E-state index is -0.0335. The number of Topliss-reactive ketones (excluding diaryl/α,β-unsaturated/α-hetero) is 1. The van der Waals surface area contributed by atoms with Gasteiger partial charge in [-0.15, -0.1) is 0 Å². The van der Waals surface area contributed by atoms with E-state index in [1.807, 2.05) is 20.8 Å². The third-order valence-corrected chi connectivity index (χ3v) is 2.71. The van der Waals surface area contributed by atoms with Gasteiger partial charge in [0.1, 0.15) is 12.4 Å². The number of ketones is 1. The molecule has 0 fully saturated rings. The summed E-state index contributed by atoms with van der Waals surface area (Å²) < 4.78 is 17.7. The lowest BCUT2D eigenvalue weighted by atomic mass is 9.88. The monoisotopic (exact) mass is 295 g/mol. The SMILES string of the molecule is C.CC(C)(C)CC(=O)c1ccc(OC/C(=C\F)CN)cc1. The van der Waals surface area contributed by atoms with Crippen molar-refractivity contribution in [1.29, 1.82) is 0 Å². The molecule has 0 aromatic heterocycles. The van der Waals surface area contributed by atoms with Gasteiger partial charge in [0.25, 0.3) is 0 Å². The highest BCUT2D eigenvalue weighted by molar-refractivity contribution is 5.96. The predicted molar refractivity (Wildman–Crippen MR) is 85.3 cm³/mol. The zero-order chi connectivity index (χ0) is 15.2. The van der Waals surface area contributed by atoms with E-state index in [-0.39, 0.29) is 31.8 Å². The highest BCUT2D eigenvalue weighted by Gasteiger charge is 2.17. The molecule has 0 aliphatic rings. The van der Waals surface area contributed by atoms with Crippen molar-refractivity contribution >= 4 is 5.78 Å². The van der Waals surface area contributed by atoms with Crippen molar-refractivity contribution in [3.63, 3.8) is 0 Å². The molecule has 0 heterocycles. The van der Waals surface area contributed by atoms with Crippen LogP contribution in [0.25, 0.3) is 0 Å². The van der Waals surface area contributed by atoms with Crippen LogP contribution in [0.1, 0.15) is 45.0 Å². The molecule has 4 heteroatoms. The Bertz CT molecular complexity index is 473. The molecule has 0 saturated heterocycles. The summed E-state index contributed by atoms with van der Waals surface area (Å²) >= 11 is 0. The second kappa shape index (κ2) is 8.57. The van der Waals surface area contributed by atoms with Gasteiger partial charge in [0.15, 0.2) is 5.78 Å². The molecule has 1 aromatic rings. The fraction of sp³-hybridized carbons (Fsp3) is 0.471. The maximum Gasteiger partial charge on any atom is 0.163 e. The van der Waals surface area contributed by atoms with Crippen molar-refractivity contribution in [3.05, 3.63) is 41.7 Å². The fourth-order valence-electron chi connectivity index (χ4n) is 1.63. The van der Waals surface area contributed by atoms with Gasteiger partial charge in [-0.25, -0.2) is 4.39 Å². The zero-order valence-electron chi connectivity index (χ0n) is 12.3. The molecule has 21 heavy (non-hydrogen) atoms. The maximum atomic E-state index is 12.3. The molecule has 0 bridgehead atoms. The van der Waals surface area contributed by atoms with Gasteiger partial charge in [-0.3, -0.25) is 4.79 Å². The third kappa shape index (κ3) is 7.04. The summed E-state index contributed by atoms with van der Waals surface area (Å²) in [6.45, 7) is 6.32. The number of carbonyl (C=O) groups excluding carboxylic acids is 1. The second-order valence-corrected chi connectivity index (χ2v) is 5.95. The molecule has 0 atom stereocenters. The number of carbonyl (C=O) groups is 1. The Morgan fingerprint density at radius 2 is 1.86 bits per heavy atom. The Labute approximate surface area is 127 Å². The average molecular weight is 295 g/mol. The van der Waals surface area contributed by atoms with Crippen LogP contribution in [0, 0.1) is 5.41 Å². The lowest BCUT2D eigenvalue weighted by Gasteiger charge is -2.16. The molecule has 0 unspecified atom stereocenters. The molecule has 1 rings (SSSR count). The molecule has 0 radical (unpaired) electrons. The van der Waals surface area contributed by atoms with Gasteiger partial charge in [-0.2, -0.15) is 0 Å². The fourth-order valence-corrected chi connectivity index (χ4v) is 1.63. The van der Waals surface area contributed by atoms with E-state index < -0.39 is 0 Å². The molecule has 1 aromatic carbocycles. The summed E-state index contributed by atoms with van der Waals surface area (Å²) in [5.41, 5.74) is 6.35. The number of halogens is 1. The first-order valence-corrected chi connectivity index (χ1v) is 6.60. The summed E-state index contributed by atoms with van der Waals surface area (Å²) in [5, 5.41) is 0. The minimum absolute atomic E-state index is 0. The predicted octanol–water partition coefficient (Wildman–Crippen LogP) is 4.13. The molecule has 0 aliphatic heterocycles. The van der Waals surface area contributed by atoms with E-state index >= 15 is 0 Å². The average Bonchev–Trinajstić information content (AvgIpc) is 2.38. The zero-order valence-corrected chi connectivity index (χ0v) is 12.3. The highest BCUT2D eigenvalue weighted by Crippen LogP contribution is 2.22. The molecule has 2 N–H and O–H groups in total. The summed E-state index contributed by atoms with van der Waals surface area (Å²) in [5.74, 6) is 0.695. The number of benzene rings is 1. The Morgan fingerprint density at radius 3 is 2.29 bits per heavy atom. The van der Waals surface area contributed by atoms with E-state index in [0.717, 1.165) is 0 Å². The molecular weight excluding hydrogens is 269 g/mol. The van der Waals surface area contributed by atoms with E-state index in [1.54, 1.807) is 24.3 Å². The van der Waals surface area contributed by atoms with E-state index in [2.05, 4.69) is 0 Å². The van der Waals surface area contributed by atoms with Gasteiger partial charge in [-0.05, 0) is 29.7 Å². The van der Waals surface area contributed by atoms with Crippen molar-refractivity contribution in [1.82, 2.24) is 0 Å². The van der Waals surface area contributed by atoms with Gasteiger partial charge < -0.3 is 10.5 Å². The number of ether oxygens (including phenoxy) is 1. The number of hydrogen-bond acceptors (Lipinski definition) is 3. The number of hydrogen-bond donors (Lipinski definition) is 1. The molecule has 0 amide bonds. The second-order valence-electron chi connectivity index (χ2n) is 5.95. The number of nitrogens with two attached hydrogens (primary N) is 1. The van der Waals surface area contributed by atoms with Crippen LogP contribution >= 0.6 is 0 Å². The molecular formula is C17H26FNO2. The van der Waals surface area contributed by atoms with Crippen LogP contribution in [0.15, 0.2) is 36.2 Å². The van der Waals surface area contributed by atoms with Gasteiger partial charge in [-0.1, -0.05) is 28.2 Å². The van der Waals surface area contributed by atoms with E-state index in [0.29, 0.717) is 29.6 Å². The van der Waals surface area contributed by atoms with Crippen molar-refractivity contribution < 1.29 is 13.9 Å². The van der Waals surface area contributed by atoms with Gasteiger partial charge in [0, 0.05) is 24.1 Å². The van der Waals surface area contributed by atoms with Gasteiger partial charge >= 0.3 is 0 Å². The molecule has 118 valence electrons. The quantitative estimate of drug-likeness (QED) is 0.803. The Morgan fingerprint density at radius 1 is 1.29 bits per heavy atom. The summed E-state index contributed by atoms with van der Waals surface area (Å²) in [4.78, 5) is 12.0. The first-order chi connectivity index (χ1) is 9.35. The summed E-state index contributed by atoms with van der Waals surface area (Å²) in [7, 11) is 0. The van der Waals surface area contributed by atoms with Crippen molar-refractivity contribution in [2.24, 2.45) is 11.1 Å². The van der Waals surface area contributed by atoms with Crippen LogP contribution in [0.2, 0.25) is 0 Å².